The molecule has 0 fully saturated rings. The molecule has 0 atom stereocenters. The molecule has 10 heavy (non-hydrogen) atoms. The molecule has 46 valence electrons. The molecule has 0 saturated heterocycles. The van der Waals surface area contributed by atoms with Gasteiger partial charge in [-0.05, 0) is 11.5 Å². The van der Waals surface area contributed by atoms with Crippen LogP contribution in [0.5, 0.6) is 0 Å². The van der Waals surface area contributed by atoms with E-state index in [4.69, 9.17) is 0 Å². The first-order chi connectivity index (χ1) is 4.95. The van der Waals surface area contributed by atoms with Crippen LogP contribution in [-0.2, 0) is 0 Å². The van der Waals surface area contributed by atoms with E-state index in [1.54, 1.807) is 0 Å². The van der Waals surface area contributed by atoms with Crippen molar-refractivity contribution in [2.24, 2.45) is 0 Å². The van der Waals surface area contributed by atoms with Crippen molar-refractivity contribution in [3.63, 3.8) is 0 Å². The smallest absolute Gasteiger partial charge is 0.0973 e. The van der Waals surface area contributed by atoms with Gasteiger partial charge < -0.3 is 0 Å². The molecule has 1 aromatic carbocycles. The van der Waals surface area contributed by atoms with Crippen LogP contribution in [0.1, 0.15) is 0 Å². The van der Waals surface area contributed by atoms with Gasteiger partial charge in [-0.25, -0.2) is 4.98 Å². The van der Waals surface area contributed by atoms with Gasteiger partial charge in [0, 0.05) is 5.39 Å². The predicted octanol–water partition coefficient (Wildman–Crippen LogP) is 2.22. The van der Waals surface area contributed by atoms with Gasteiger partial charge >= 0.3 is 0 Å². The number of benzene rings is 1. The molecular weight excluding hydrogens is 122 g/mol. The van der Waals surface area contributed by atoms with Gasteiger partial charge in [-0.1, -0.05) is 24.3 Å². The number of hydrogen-bond donors (Lipinski definition) is 0. The maximum Gasteiger partial charge on any atom is 0.0973 e. The lowest BCUT2D eigenvalue weighted by molar-refractivity contribution is 1.69. The van der Waals surface area contributed by atoms with Gasteiger partial charge in [-0.3, -0.25) is 0 Å². The van der Waals surface area contributed by atoms with E-state index < -0.39 is 0 Å². The van der Waals surface area contributed by atoms with E-state index in [9.17, 15) is 0 Å². The quantitative estimate of drug-likeness (QED) is 0.451. The Morgan fingerprint density at radius 2 is 2.00 bits per heavy atom. The molecule has 1 aliphatic carbocycles. The molecule has 0 bridgehead atoms. The van der Waals surface area contributed by atoms with Crippen molar-refractivity contribution in [2.75, 3.05) is 0 Å². The van der Waals surface area contributed by atoms with E-state index in [0.717, 1.165) is 0 Å². The molecule has 0 saturated carbocycles. The van der Waals surface area contributed by atoms with E-state index in [1.807, 2.05) is 0 Å². The molecule has 1 aliphatic heterocycles. The molecule has 2 aliphatic rings. The van der Waals surface area contributed by atoms with Gasteiger partial charge in [0.25, 0.3) is 0 Å². The van der Waals surface area contributed by atoms with E-state index in [2.05, 4.69) is 35.3 Å². The van der Waals surface area contributed by atoms with Crippen molar-refractivity contribution < 1.29 is 0 Å². The first-order valence-electron chi connectivity index (χ1n) is 3.35. The molecule has 0 unspecified atom stereocenters. The third kappa shape index (κ3) is 0.376. The van der Waals surface area contributed by atoms with E-state index in [-0.39, 0.29) is 0 Å². The minimum atomic E-state index is 1.18. The number of pyridine rings is 1. The molecule has 3 rings (SSSR count). The zero-order chi connectivity index (χ0) is 6.55. The van der Waals surface area contributed by atoms with E-state index in [0.29, 0.717) is 0 Å². The summed E-state index contributed by atoms with van der Waals surface area (Å²) in [6.07, 6.45) is 0. The van der Waals surface area contributed by atoms with Crippen LogP contribution in [0.2, 0.25) is 0 Å². The molecule has 1 heterocycles. The summed E-state index contributed by atoms with van der Waals surface area (Å²) in [5, 5.41) is 2.63. The fourth-order valence-corrected chi connectivity index (χ4v) is 1.38. The second-order valence-corrected chi connectivity index (χ2v) is 2.58. The monoisotopic (exact) mass is 127 g/mol. The van der Waals surface area contributed by atoms with Gasteiger partial charge in [0.15, 0.2) is 0 Å². The van der Waals surface area contributed by atoms with Crippen LogP contribution in [0.15, 0.2) is 30.3 Å². The van der Waals surface area contributed by atoms with Crippen molar-refractivity contribution in [3.8, 4) is 11.4 Å². The fourth-order valence-electron chi connectivity index (χ4n) is 1.38. The Labute approximate surface area is 58.3 Å². The second kappa shape index (κ2) is 1.21. The summed E-state index contributed by atoms with van der Waals surface area (Å²) in [7, 11) is 0. The topological polar surface area (TPSA) is 12.9 Å². The summed E-state index contributed by atoms with van der Waals surface area (Å²) in [4.78, 5) is 4.18. The molecule has 0 amide bonds. The van der Waals surface area contributed by atoms with Crippen molar-refractivity contribution >= 4 is 10.8 Å². The highest BCUT2D eigenvalue weighted by Gasteiger charge is 2.18. The van der Waals surface area contributed by atoms with E-state index >= 15 is 0 Å². The summed E-state index contributed by atoms with van der Waals surface area (Å²) in [5.41, 5.74) is 2.39. The third-order valence-electron chi connectivity index (χ3n) is 1.93. The highest BCUT2D eigenvalue weighted by atomic mass is 14.9. The number of hydrogen-bond acceptors (Lipinski definition) is 1. The number of aromatic nitrogens is 1. The fraction of sp³-hybridized carbons (Fsp3) is 0. The van der Waals surface area contributed by atoms with Crippen LogP contribution in [0.3, 0.4) is 0 Å². The lowest BCUT2D eigenvalue weighted by Crippen LogP contribution is -1.60. The van der Waals surface area contributed by atoms with E-state index in [1.165, 1.54) is 22.2 Å². The Hall–Kier alpha value is -1.37. The molecule has 0 spiro atoms. The first-order valence-corrected chi connectivity index (χ1v) is 3.35. The summed E-state index contributed by atoms with van der Waals surface area (Å²) >= 11 is 0. The molecule has 1 aromatic rings. The van der Waals surface area contributed by atoms with Crippen LogP contribution >= 0.6 is 0 Å². The van der Waals surface area contributed by atoms with Gasteiger partial charge in [0.1, 0.15) is 0 Å². The zero-order valence-electron chi connectivity index (χ0n) is 5.33. The highest BCUT2D eigenvalue weighted by molar-refractivity contribution is 6.03. The Morgan fingerprint density at radius 3 is 2.90 bits per heavy atom. The SMILES string of the molecule is c1ccc2c3nc-3cc2c1. The zero-order valence-corrected chi connectivity index (χ0v) is 5.33. The highest BCUT2D eigenvalue weighted by Crippen LogP contribution is 2.37. The Kier molecular flexibility index (Phi) is 0.539. The minimum absolute atomic E-state index is 1.18. The molecule has 0 N–H and O–H groups in total. The van der Waals surface area contributed by atoms with Gasteiger partial charge in [-0.2, -0.15) is 0 Å². The summed E-state index contributed by atoms with van der Waals surface area (Å²) in [5.74, 6) is 0. The van der Waals surface area contributed by atoms with Crippen LogP contribution in [-0.4, -0.2) is 4.98 Å². The van der Waals surface area contributed by atoms with Crippen LogP contribution in [0.25, 0.3) is 22.2 Å². The van der Waals surface area contributed by atoms with Crippen LogP contribution in [0, 0.1) is 0 Å². The Balaban J connectivity index is 2.63. The normalized spacial score (nSPS) is 12.0. The maximum atomic E-state index is 4.18. The molecule has 1 nitrogen and oxygen atoms in total. The van der Waals surface area contributed by atoms with Crippen molar-refractivity contribution in [3.05, 3.63) is 30.3 Å². The van der Waals surface area contributed by atoms with Gasteiger partial charge in [0.05, 0.1) is 11.4 Å². The van der Waals surface area contributed by atoms with Crippen molar-refractivity contribution in [2.45, 2.75) is 0 Å². The Morgan fingerprint density at radius 1 is 1.10 bits per heavy atom. The molecule has 0 radical (unpaired) electrons. The predicted molar refractivity (Wildman–Crippen MR) is 40.7 cm³/mol. The molecule has 1 heteroatoms. The number of rotatable bonds is 0. The van der Waals surface area contributed by atoms with Gasteiger partial charge in [-0.15, -0.1) is 0 Å². The van der Waals surface area contributed by atoms with Crippen molar-refractivity contribution in [1.29, 1.82) is 0 Å². The van der Waals surface area contributed by atoms with Crippen LogP contribution < -0.4 is 0 Å². The first kappa shape index (κ1) is 4.45. The average molecular weight is 127 g/mol. The second-order valence-electron chi connectivity index (χ2n) is 2.58. The molecular formula is C9H5N. The number of nitrogens with zero attached hydrogens (tertiary/aromatic N) is 1. The summed E-state index contributed by atoms with van der Waals surface area (Å²) in [6, 6.07) is 10.5. The molecule has 0 aromatic heterocycles. The summed E-state index contributed by atoms with van der Waals surface area (Å²) in [6.45, 7) is 0. The lowest BCUT2D eigenvalue weighted by atomic mass is 10.2. The largest absolute Gasteiger partial charge is 0.244 e. The summed E-state index contributed by atoms with van der Waals surface area (Å²) < 4.78 is 0. The average Bonchev–Trinajstić information content (AvgIpc) is 2.64. The lowest BCUT2D eigenvalue weighted by Gasteiger charge is -1.84. The van der Waals surface area contributed by atoms with Crippen LogP contribution in [0.4, 0.5) is 0 Å². The Bertz CT molecular complexity index is 418. The van der Waals surface area contributed by atoms with Gasteiger partial charge in [0.2, 0.25) is 0 Å². The maximum absolute atomic E-state index is 4.18. The number of fused-ring (bicyclic) bond motifs is 3. The van der Waals surface area contributed by atoms with Crippen molar-refractivity contribution in [1.82, 2.24) is 4.98 Å². The third-order valence-corrected chi connectivity index (χ3v) is 1.93. The minimum Gasteiger partial charge on any atom is -0.244 e. The standard InChI is InChI=1S/C9H5N/c1-2-4-7-6(3-1)5-8-9(7)10-8/h1-5H.